The van der Waals surface area contributed by atoms with Gasteiger partial charge in [0, 0.05) is 18.3 Å². The summed E-state index contributed by atoms with van der Waals surface area (Å²) in [5.74, 6) is 2.52. The number of rotatable bonds is 4. The fourth-order valence-corrected chi connectivity index (χ4v) is 8.44. The molecule has 1 unspecified atom stereocenters. The molecule has 0 aromatic rings. The lowest BCUT2D eigenvalue weighted by Gasteiger charge is -2.60. The summed E-state index contributed by atoms with van der Waals surface area (Å²) in [6, 6.07) is 0. The molecule has 0 aromatic heterocycles. The van der Waals surface area contributed by atoms with E-state index in [4.69, 9.17) is 5.11 Å². The Hall–Kier alpha value is -0.900. The first-order chi connectivity index (χ1) is 13.2. The molecule has 2 N–H and O–H groups in total. The molecule has 4 aliphatic carbocycles. The van der Waals surface area contributed by atoms with Gasteiger partial charge < -0.3 is 10.2 Å². The van der Waals surface area contributed by atoms with Gasteiger partial charge in [-0.1, -0.05) is 20.8 Å². The second kappa shape index (κ2) is 7.11. The van der Waals surface area contributed by atoms with Crippen LogP contribution in [0.5, 0.6) is 0 Å². The zero-order chi connectivity index (χ0) is 20.3. The van der Waals surface area contributed by atoms with Crippen molar-refractivity contribution in [3.8, 4) is 0 Å². The number of hydrogen-bond acceptors (Lipinski definition) is 3. The average Bonchev–Trinajstić information content (AvgIpc) is 3.00. The first kappa shape index (κ1) is 20.4. The lowest BCUT2D eigenvalue weighted by molar-refractivity contribution is -0.160. The van der Waals surface area contributed by atoms with E-state index in [1.54, 1.807) is 0 Å². The highest BCUT2D eigenvalue weighted by molar-refractivity contribution is 5.87. The Balaban J connectivity index is 1.57. The summed E-state index contributed by atoms with van der Waals surface area (Å²) in [6.45, 7) is 6.81. The number of Topliss-reactive ketones (excluding diaryl/α,β-unsaturated/α-hetero) is 1. The zero-order valence-corrected chi connectivity index (χ0v) is 17.8. The van der Waals surface area contributed by atoms with Gasteiger partial charge in [-0.25, -0.2) is 0 Å². The standard InChI is InChI=1S/C24H38O4/c1-14(4-9-22(27)28)18-7-8-19-17-6-5-15-12-16(25)10-11-23(15,2)20(17)13-21(26)24(18,19)3/h14-20,25H,4-13H2,1-3H3,(H,27,28)/t14-,15-,16?,17+,18-,19+,20+,23+,24-/m1/s1. The minimum absolute atomic E-state index is 0.148. The van der Waals surface area contributed by atoms with E-state index in [0.717, 1.165) is 32.1 Å². The van der Waals surface area contributed by atoms with E-state index in [1.165, 1.54) is 12.8 Å². The number of carboxylic acid groups (broad SMARTS) is 1. The van der Waals surface area contributed by atoms with Gasteiger partial charge in [0.05, 0.1) is 6.10 Å². The number of fused-ring (bicyclic) bond motifs is 5. The number of carboxylic acids is 1. The molecule has 4 aliphatic rings. The van der Waals surface area contributed by atoms with Crippen molar-refractivity contribution >= 4 is 11.8 Å². The van der Waals surface area contributed by atoms with Gasteiger partial charge in [-0.05, 0) is 92.3 Å². The topological polar surface area (TPSA) is 74.6 Å². The van der Waals surface area contributed by atoms with Crippen molar-refractivity contribution in [2.75, 3.05) is 0 Å². The molecule has 0 bridgehead atoms. The largest absolute Gasteiger partial charge is 0.481 e. The zero-order valence-electron chi connectivity index (χ0n) is 17.8. The van der Waals surface area contributed by atoms with Gasteiger partial charge >= 0.3 is 5.97 Å². The number of hydrogen-bond donors (Lipinski definition) is 2. The Kier molecular flexibility index (Phi) is 5.17. The minimum Gasteiger partial charge on any atom is -0.481 e. The van der Waals surface area contributed by atoms with Gasteiger partial charge in [-0.2, -0.15) is 0 Å². The lowest BCUT2D eigenvalue weighted by atomic mass is 9.44. The van der Waals surface area contributed by atoms with Crippen molar-refractivity contribution in [3.63, 3.8) is 0 Å². The average molecular weight is 391 g/mol. The maximum Gasteiger partial charge on any atom is 0.303 e. The van der Waals surface area contributed by atoms with E-state index < -0.39 is 5.97 Å². The maximum atomic E-state index is 13.6. The van der Waals surface area contributed by atoms with Crippen molar-refractivity contribution in [3.05, 3.63) is 0 Å². The van der Waals surface area contributed by atoms with Crippen LogP contribution in [0.4, 0.5) is 0 Å². The van der Waals surface area contributed by atoms with Crippen LogP contribution in [-0.4, -0.2) is 28.1 Å². The lowest BCUT2D eigenvalue weighted by Crippen LogP contribution is -2.57. The first-order valence-corrected chi connectivity index (χ1v) is 11.6. The summed E-state index contributed by atoms with van der Waals surface area (Å²) in [7, 11) is 0. The summed E-state index contributed by atoms with van der Waals surface area (Å²) in [5.41, 5.74) is -0.0391. The van der Waals surface area contributed by atoms with E-state index >= 15 is 0 Å². The molecular formula is C24H38O4. The fraction of sp³-hybridized carbons (Fsp3) is 0.917. The summed E-state index contributed by atoms with van der Waals surface area (Å²) in [5, 5.41) is 19.3. The van der Waals surface area contributed by atoms with Crippen molar-refractivity contribution in [2.45, 2.75) is 91.1 Å². The molecule has 0 amide bonds. The molecule has 4 nitrogen and oxygen atoms in total. The Morgan fingerprint density at radius 2 is 1.89 bits per heavy atom. The molecule has 4 fully saturated rings. The third-order valence-corrected chi connectivity index (χ3v) is 10.1. The maximum absolute atomic E-state index is 13.6. The predicted octanol–water partition coefficient (Wildman–Crippen LogP) is 4.69. The smallest absolute Gasteiger partial charge is 0.303 e. The molecule has 0 aromatic carbocycles. The SMILES string of the molecule is C[C@H](CCC(=O)O)[C@H]1CC[C@H]2[C@@H]3CC[C@@H]4CC(O)CC[C@]4(C)[C@H]3CC(=O)[C@]12C. The summed E-state index contributed by atoms with van der Waals surface area (Å²) >= 11 is 0. The number of aliphatic carboxylic acids is 1. The van der Waals surface area contributed by atoms with Crippen molar-refractivity contribution in [1.29, 1.82) is 0 Å². The molecule has 0 spiro atoms. The van der Waals surface area contributed by atoms with Crippen LogP contribution in [0.1, 0.15) is 85.0 Å². The van der Waals surface area contributed by atoms with E-state index in [0.29, 0.717) is 54.1 Å². The number of aliphatic hydroxyl groups is 1. The molecule has 0 radical (unpaired) electrons. The predicted molar refractivity (Wildman–Crippen MR) is 108 cm³/mol. The molecule has 4 heteroatoms. The first-order valence-electron chi connectivity index (χ1n) is 11.6. The molecular weight excluding hydrogens is 352 g/mol. The molecule has 28 heavy (non-hydrogen) atoms. The van der Waals surface area contributed by atoms with Gasteiger partial charge in [0.15, 0.2) is 0 Å². The van der Waals surface area contributed by atoms with Crippen LogP contribution in [0.15, 0.2) is 0 Å². The van der Waals surface area contributed by atoms with Crippen LogP contribution in [0.3, 0.4) is 0 Å². The second-order valence-corrected chi connectivity index (χ2v) is 11.1. The van der Waals surface area contributed by atoms with E-state index in [-0.39, 0.29) is 23.4 Å². The highest BCUT2D eigenvalue weighted by Gasteiger charge is 2.63. The fourth-order valence-electron chi connectivity index (χ4n) is 8.44. The molecule has 0 heterocycles. The van der Waals surface area contributed by atoms with Crippen LogP contribution in [0.2, 0.25) is 0 Å². The summed E-state index contributed by atoms with van der Waals surface area (Å²) in [6.07, 6.45) is 8.96. The van der Waals surface area contributed by atoms with Gasteiger partial charge in [0.2, 0.25) is 0 Å². The van der Waals surface area contributed by atoms with Crippen molar-refractivity contribution in [1.82, 2.24) is 0 Å². The highest BCUT2D eigenvalue weighted by Crippen LogP contribution is 2.67. The monoisotopic (exact) mass is 390 g/mol. The number of aliphatic hydroxyl groups excluding tert-OH is 1. The van der Waals surface area contributed by atoms with Crippen LogP contribution >= 0.6 is 0 Å². The Morgan fingerprint density at radius 3 is 2.61 bits per heavy atom. The van der Waals surface area contributed by atoms with Gasteiger partial charge in [-0.15, -0.1) is 0 Å². The molecule has 9 atom stereocenters. The Labute approximate surface area is 169 Å². The van der Waals surface area contributed by atoms with Crippen LogP contribution < -0.4 is 0 Å². The Bertz CT molecular complexity index is 645. The number of ketones is 1. The second-order valence-electron chi connectivity index (χ2n) is 11.1. The van der Waals surface area contributed by atoms with Gasteiger partial charge in [-0.3, -0.25) is 9.59 Å². The molecule has 158 valence electrons. The van der Waals surface area contributed by atoms with E-state index in [9.17, 15) is 14.7 Å². The van der Waals surface area contributed by atoms with Crippen molar-refractivity contribution < 1.29 is 19.8 Å². The van der Waals surface area contributed by atoms with Crippen molar-refractivity contribution in [2.24, 2.45) is 46.3 Å². The molecule has 4 rings (SSSR count). The third-order valence-electron chi connectivity index (χ3n) is 10.1. The summed E-state index contributed by atoms with van der Waals surface area (Å²) < 4.78 is 0. The summed E-state index contributed by atoms with van der Waals surface area (Å²) in [4.78, 5) is 24.7. The molecule has 4 saturated carbocycles. The molecule has 0 saturated heterocycles. The van der Waals surface area contributed by atoms with Crippen LogP contribution in [-0.2, 0) is 9.59 Å². The number of carbonyl (C=O) groups is 2. The third kappa shape index (κ3) is 2.97. The van der Waals surface area contributed by atoms with Gasteiger partial charge in [0.1, 0.15) is 5.78 Å². The molecule has 0 aliphatic heterocycles. The number of carbonyl (C=O) groups excluding carboxylic acids is 1. The quantitative estimate of drug-likeness (QED) is 0.730. The van der Waals surface area contributed by atoms with Gasteiger partial charge in [0.25, 0.3) is 0 Å². The van der Waals surface area contributed by atoms with E-state index in [1.807, 2.05) is 0 Å². The van der Waals surface area contributed by atoms with Crippen LogP contribution in [0.25, 0.3) is 0 Å². The normalized spacial score (nSPS) is 49.1. The van der Waals surface area contributed by atoms with E-state index in [2.05, 4.69) is 20.8 Å². The van der Waals surface area contributed by atoms with Crippen LogP contribution in [0, 0.1) is 46.3 Å². The minimum atomic E-state index is -0.729. The highest BCUT2D eigenvalue weighted by atomic mass is 16.4. The Morgan fingerprint density at radius 1 is 1.14 bits per heavy atom.